The molecule has 1 atom stereocenters. The number of carbonyl (C=O) groups is 2. The molecule has 0 spiro atoms. The lowest BCUT2D eigenvalue weighted by Crippen LogP contribution is -2.57. The van der Waals surface area contributed by atoms with Gasteiger partial charge in [-0.15, -0.1) is 0 Å². The van der Waals surface area contributed by atoms with Gasteiger partial charge in [-0.25, -0.2) is 0 Å². The van der Waals surface area contributed by atoms with E-state index in [0.29, 0.717) is 18.7 Å². The van der Waals surface area contributed by atoms with Crippen molar-refractivity contribution in [1.29, 1.82) is 0 Å². The number of carbonyl (C=O) groups excluding carboxylic acids is 2. The summed E-state index contributed by atoms with van der Waals surface area (Å²) in [5, 5.41) is 0. The fourth-order valence-electron chi connectivity index (χ4n) is 4.80. The van der Waals surface area contributed by atoms with Crippen LogP contribution in [0.1, 0.15) is 57.1 Å². The first kappa shape index (κ1) is 16.5. The van der Waals surface area contributed by atoms with Crippen molar-refractivity contribution in [2.75, 3.05) is 19.6 Å². The zero-order valence-corrected chi connectivity index (χ0v) is 14.7. The van der Waals surface area contributed by atoms with Gasteiger partial charge in [0.05, 0.1) is 11.9 Å². The lowest BCUT2D eigenvalue weighted by Gasteiger charge is -2.40. The average molecular weight is 342 g/mol. The molecule has 1 aromatic rings. The van der Waals surface area contributed by atoms with E-state index in [9.17, 15) is 9.59 Å². The third-order valence-electron chi connectivity index (χ3n) is 6.09. The number of hydrogen-bond donors (Lipinski definition) is 0. The molecule has 3 fully saturated rings. The number of aromatic nitrogens is 2. The van der Waals surface area contributed by atoms with Crippen LogP contribution in [0.5, 0.6) is 0 Å². The number of rotatable bonds is 3. The van der Waals surface area contributed by atoms with E-state index in [1.54, 1.807) is 18.6 Å². The Bertz CT molecular complexity index is 638. The van der Waals surface area contributed by atoms with Crippen molar-refractivity contribution in [1.82, 2.24) is 19.8 Å². The summed E-state index contributed by atoms with van der Waals surface area (Å²) in [6, 6.07) is 0. The summed E-state index contributed by atoms with van der Waals surface area (Å²) in [7, 11) is 0. The van der Waals surface area contributed by atoms with Gasteiger partial charge in [0.25, 0.3) is 5.91 Å². The first-order chi connectivity index (χ1) is 12.2. The maximum Gasteiger partial charge on any atom is 0.254 e. The predicted molar refractivity (Wildman–Crippen MR) is 92.4 cm³/mol. The predicted octanol–water partition coefficient (Wildman–Crippen LogP) is 2.11. The van der Waals surface area contributed by atoms with Crippen LogP contribution in [0.2, 0.25) is 0 Å². The second-order valence-electron chi connectivity index (χ2n) is 7.53. The van der Waals surface area contributed by atoms with E-state index in [-0.39, 0.29) is 17.7 Å². The minimum atomic E-state index is -0.946. The molecule has 0 radical (unpaired) electrons. The minimum Gasteiger partial charge on any atom is -0.340 e. The van der Waals surface area contributed by atoms with E-state index in [1.807, 2.05) is 9.80 Å². The van der Waals surface area contributed by atoms with E-state index in [0.717, 1.165) is 58.0 Å². The van der Waals surface area contributed by atoms with Crippen LogP contribution in [-0.4, -0.2) is 51.2 Å². The summed E-state index contributed by atoms with van der Waals surface area (Å²) in [6.07, 6.45) is 12.6. The number of hydrogen-bond acceptors (Lipinski definition) is 4. The van der Waals surface area contributed by atoms with Crippen LogP contribution < -0.4 is 0 Å². The average Bonchev–Trinajstić information content (AvgIpc) is 3.43. The fraction of sp³-hybridized carbons (Fsp3) is 0.684. The normalized spacial score (nSPS) is 27.2. The van der Waals surface area contributed by atoms with Gasteiger partial charge < -0.3 is 9.80 Å². The van der Waals surface area contributed by atoms with Crippen LogP contribution in [0, 0.1) is 5.92 Å². The first-order valence-corrected chi connectivity index (χ1v) is 9.61. The monoisotopic (exact) mass is 342 g/mol. The van der Waals surface area contributed by atoms with Gasteiger partial charge in [0.1, 0.15) is 0 Å². The Hall–Kier alpha value is -1.98. The molecule has 3 aliphatic rings. The molecule has 0 aromatic carbocycles. The van der Waals surface area contributed by atoms with Gasteiger partial charge >= 0.3 is 0 Å². The molecular formula is C19H26N4O2. The largest absolute Gasteiger partial charge is 0.340 e. The van der Waals surface area contributed by atoms with Crippen LogP contribution in [0.15, 0.2) is 18.6 Å². The number of amides is 2. The van der Waals surface area contributed by atoms with E-state index in [2.05, 4.69) is 9.97 Å². The van der Waals surface area contributed by atoms with Crippen LogP contribution in [-0.2, 0) is 15.1 Å². The van der Waals surface area contributed by atoms with Crippen molar-refractivity contribution in [2.45, 2.75) is 56.9 Å². The summed E-state index contributed by atoms with van der Waals surface area (Å²) >= 11 is 0. The highest BCUT2D eigenvalue weighted by molar-refractivity contribution is 5.93. The van der Waals surface area contributed by atoms with Crippen LogP contribution in [0.4, 0.5) is 0 Å². The van der Waals surface area contributed by atoms with E-state index in [1.165, 1.54) is 0 Å². The highest BCUT2D eigenvalue weighted by Gasteiger charge is 2.55. The maximum atomic E-state index is 13.6. The Morgan fingerprint density at radius 1 is 1.00 bits per heavy atom. The van der Waals surface area contributed by atoms with Crippen LogP contribution in [0.3, 0.4) is 0 Å². The summed E-state index contributed by atoms with van der Waals surface area (Å²) < 4.78 is 0. The van der Waals surface area contributed by atoms with Crippen molar-refractivity contribution >= 4 is 11.8 Å². The summed E-state index contributed by atoms with van der Waals surface area (Å²) in [4.78, 5) is 39.3. The van der Waals surface area contributed by atoms with Crippen LogP contribution >= 0.6 is 0 Å². The molecular weight excluding hydrogens is 316 g/mol. The minimum absolute atomic E-state index is 0.0503. The standard InChI is InChI=1S/C19H26N4O2/c24-17(15-6-1-2-7-15)23-13-5-8-19(23,16-14-20-9-10-21-16)18(25)22-11-3-4-12-22/h9-10,14-15H,1-8,11-13H2/t19-/m0/s1. The molecule has 2 aliphatic heterocycles. The maximum absolute atomic E-state index is 13.6. The highest BCUT2D eigenvalue weighted by Crippen LogP contribution is 2.42. The molecule has 3 heterocycles. The quantitative estimate of drug-likeness (QED) is 0.844. The number of likely N-dealkylation sites (tertiary alicyclic amines) is 2. The zero-order chi connectivity index (χ0) is 17.3. The molecule has 2 saturated heterocycles. The lowest BCUT2D eigenvalue weighted by molar-refractivity contribution is -0.154. The van der Waals surface area contributed by atoms with Gasteiger partial charge in [-0.3, -0.25) is 19.6 Å². The molecule has 134 valence electrons. The van der Waals surface area contributed by atoms with Crippen LogP contribution in [0.25, 0.3) is 0 Å². The Balaban J connectivity index is 1.73. The third kappa shape index (κ3) is 2.71. The molecule has 0 unspecified atom stereocenters. The third-order valence-corrected chi connectivity index (χ3v) is 6.09. The van der Waals surface area contributed by atoms with E-state index in [4.69, 9.17) is 0 Å². The smallest absolute Gasteiger partial charge is 0.254 e. The van der Waals surface area contributed by atoms with E-state index >= 15 is 0 Å². The summed E-state index contributed by atoms with van der Waals surface area (Å²) in [5.74, 6) is 0.267. The Kier molecular flexibility index (Phi) is 4.44. The van der Waals surface area contributed by atoms with Gasteiger partial charge in [-0.2, -0.15) is 0 Å². The van der Waals surface area contributed by atoms with Crippen molar-refractivity contribution in [3.05, 3.63) is 24.3 Å². The second kappa shape index (κ2) is 6.73. The van der Waals surface area contributed by atoms with Gasteiger partial charge in [0.15, 0.2) is 5.54 Å². The van der Waals surface area contributed by atoms with Gasteiger partial charge in [0, 0.05) is 37.9 Å². The van der Waals surface area contributed by atoms with Crippen molar-refractivity contribution in [3.8, 4) is 0 Å². The molecule has 2 amide bonds. The molecule has 25 heavy (non-hydrogen) atoms. The SMILES string of the molecule is O=C(C1CCCC1)N1CCC[C@@]1(C(=O)N1CCCC1)c1cnccn1. The second-order valence-corrected chi connectivity index (χ2v) is 7.53. The molecule has 0 bridgehead atoms. The molecule has 6 heteroatoms. The zero-order valence-electron chi connectivity index (χ0n) is 14.7. The fourth-order valence-corrected chi connectivity index (χ4v) is 4.80. The van der Waals surface area contributed by atoms with E-state index < -0.39 is 5.54 Å². The molecule has 1 aromatic heterocycles. The van der Waals surface area contributed by atoms with Gasteiger partial charge in [-0.05, 0) is 38.5 Å². The van der Waals surface area contributed by atoms with Crippen molar-refractivity contribution in [3.63, 3.8) is 0 Å². The Labute approximate surface area is 148 Å². The van der Waals surface area contributed by atoms with Crippen molar-refractivity contribution < 1.29 is 9.59 Å². The lowest BCUT2D eigenvalue weighted by atomic mass is 9.89. The Morgan fingerprint density at radius 3 is 2.44 bits per heavy atom. The molecule has 1 aliphatic carbocycles. The first-order valence-electron chi connectivity index (χ1n) is 9.61. The molecule has 4 rings (SSSR count). The van der Waals surface area contributed by atoms with Crippen molar-refractivity contribution in [2.24, 2.45) is 5.92 Å². The van der Waals surface area contributed by atoms with Gasteiger partial charge in [0.2, 0.25) is 5.91 Å². The Morgan fingerprint density at radius 2 is 1.76 bits per heavy atom. The highest BCUT2D eigenvalue weighted by atomic mass is 16.2. The molecule has 0 N–H and O–H groups in total. The van der Waals surface area contributed by atoms with Gasteiger partial charge in [-0.1, -0.05) is 12.8 Å². The summed E-state index contributed by atoms with van der Waals surface area (Å²) in [6.45, 7) is 2.21. The molecule has 6 nitrogen and oxygen atoms in total. The summed E-state index contributed by atoms with van der Waals surface area (Å²) in [5.41, 5.74) is -0.311. The number of nitrogens with zero attached hydrogens (tertiary/aromatic N) is 4. The topological polar surface area (TPSA) is 66.4 Å². The molecule has 1 saturated carbocycles.